The van der Waals surface area contributed by atoms with Crippen molar-refractivity contribution in [1.82, 2.24) is 4.98 Å². The quantitative estimate of drug-likeness (QED) is 0.543. The molecule has 0 aliphatic heterocycles. The molecule has 0 saturated carbocycles. The van der Waals surface area contributed by atoms with Crippen molar-refractivity contribution >= 4 is 46.5 Å². The highest BCUT2D eigenvalue weighted by molar-refractivity contribution is 6.35. The molecule has 154 valence electrons. The lowest BCUT2D eigenvalue weighted by molar-refractivity contribution is -0.894. The van der Waals surface area contributed by atoms with Crippen LogP contribution in [-0.4, -0.2) is 43.7 Å². The number of carbonyl (C=O) groups is 1. The summed E-state index contributed by atoms with van der Waals surface area (Å²) in [4.78, 5) is 20.1. The summed E-state index contributed by atoms with van der Waals surface area (Å²) in [6, 6.07) is 10.1. The van der Waals surface area contributed by atoms with E-state index in [1.165, 1.54) is 4.90 Å². The second kappa shape index (κ2) is 12.3. The molecule has 0 aliphatic rings. The maximum absolute atomic E-state index is 12.8. The number of quaternary nitrogens is 1. The number of likely N-dealkylation sites (N-methyl/N-ethyl adjacent to an activating group) is 1. The summed E-state index contributed by atoms with van der Waals surface area (Å²) in [5.41, 5.74) is 0. The van der Waals surface area contributed by atoms with Crippen LogP contribution in [0.2, 0.25) is 15.2 Å². The first-order valence-corrected chi connectivity index (χ1v) is 9.92. The highest BCUT2D eigenvalue weighted by Gasteiger charge is 2.20. The van der Waals surface area contributed by atoms with Gasteiger partial charge in [0.2, 0.25) is 0 Å². The average Bonchev–Trinajstić information content (AvgIpc) is 2.64. The van der Waals surface area contributed by atoms with Crippen molar-refractivity contribution in [3.8, 4) is 5.75 Å². The van der Waals surface area contributed by atoms with Gasteiger partial charge in [-0.15, -0.1) is 0 Å². The predicted octanol–water partition coefficient (Wildman–Crippen LogP) is 0.383. The Kier molecular flexibility index (Phi) is 10.9. The standard InChI is InChI=1S/C19H22Cl3N3O2.ClH/c1-3-24(4-2)10-11-25(18-7-5-6-17(22)23-18)19(26)13-27-16-9-8-14(20)12-15(16)21;/h5-9,12H,3-4,10-11,13H2,1-2H3;1H. The molecule has 1 aromatic carbocycles. The Bertz CT molecular complexity index is 773. The molecule has 1 heterocycles. The second-order valence-corrected chi connectivity index (χ2v) is 7.17. The number of amides is 1. The zero-order valence-electron chi connectivity index (χ0n) is 15.7. The van der Waals surface area contributed by atoms with Crippen LogP contribution in [0.3, 0.4) is 0 Å². The number of pyridine rings is 1. The molecule has 0 aliphatic carbocycles. The monoisotopic (exact) mass is 465 g/mol. The van der Waals surface area contributed by atoms with Crippen LogP contribution >= 0.6 is 34.8 Å². The molecule has 1 N–H and O–H groups in total. The molecule has 0 bridgehead atoms. The summed E-state index contributed by atoms with van der Waals surface area (Å²) in [6.07, 6.45) is 0. The Morgan fingerprint density at radius 3 is 2.46 bits per heavy atom. The fraction of sp³-hybridized carbons (Fsp3) is 0.368. The van der Waals surface area contributed by atoms with Gasteiger partial charge in [-0.05, 0) is 44.2 Å². The van der Waals surface area contributed by atoms with Crippen LogP contribution in [0.5, 0.6) is 5.75 Å². The van der Waals surface area contributed by atoms with Gasteiger partial charge < -0.3 is 22.0 Å². The topological polar surface area (TPSA) is 46.9 Å². The SMILES string of the molecule is CC[NH+](CC)CCN(C(=O)COc1ccc(Cl)cc1Cl)c1cccc(Cl)n1.[Cl-]. The lowest BCUT2D eigenvalue weighted by Gasteiger charge is -2.24. The normalized spacial score (nSPS) is 10.5. The molecule has 0 fully saturated rings. The van der Waals surface area contributed by atoms with Crippen LogP contribution in [0.4, 0.5) is 5.82 Å². The van der Waals surface area contributed by atoms with Gasteiger partial charge in [0, 0.05) is 5.02 Å². The van der Waals surface area contributed by atoms with Gasteiger partial charge in [0.25, 0.3) is 5.91 Å². The van der Waals surface area contributed by atoms with Crippen LogP contribution in [0.15, 0.2) is 36.4 Å². The Morgan fingerprint density at radius 1 is 1.14 bits per heavy atom. The molecule has 0 spiro atoms. The number of benzene rings is 1. The van der Waals surface area contributed by atoms with Crippen LogP contribution in [0.1, 0.15) is 13.8 Å². The lowest BCUT2D eigenvalue weighted by Crippen LogP contribution is -3.12. The third-order valence-corrected chi connectivity index (χ3v) is 4.95. The molecule has 1 aromatic heterocycles. The third-order valence-electron chi connectivity index (χ3n) is 4.21. The molecular formula is C19H23Cl4N3O2. The Hall–Kier alpha value is -1.24. The number of halogens is 4. The van der Waals surface area contributed by atoms with Crippen molar-refractivity contribution in [1.29, 1.82) is 0 Å². The fourth-order valence-corrected chi connectivity index (χ4v) is 3.22. The molecule has 0 saturated heterocycles. The van der Waals surface area contributed by atoms with Gasteiger partial charge >= 0.3 is 0 Å². The van der Waals surface area contributed by atoms with Crippen molar-refractivity contribution in [2.75, 3.05) is 37.7 Å². The van der Waals surface area contributed by atoms with Crippen molar-refractivity contribution in [2.24, 2.45) is 0 Å². The molecule has 5 nitrogen and oxygen atoms in total. The van der Waals surface area contributed by atoms with E-state index in [9.17, 15) is 4.79 Å². The van der Waals surface area contributed by atoms with Gasteiger partial charge in [-0.2, -0.15) is 0 Å². The maximum Gasteiger partial charge on any atom is 0.266 e. The third kappa shape index (κ3) is 7.30. The van der Waals surface area contributed by atoms with Crippen LogP contribution in [-0.2, 0) is 4.79 Å². The van der Waals surface area contributed by atoms with Gasteiger partial charge in [-0.1, -0.05) is 40.9 Å². The molecular weight excluding hydrogens is 444 g/mol. The highest BCUT2D eigenvalue weighted by atomic mass is 35.5. The number of nitrogens with one attached hydrogen (secondary N) is 1. The summed E-state index contributed by atoms with van der Waals surface area (Å²) in [7, 11) is 0. The van der Waals surface area contributed by atoms with Crippen LogP contribution in [0, 0.1) is 0 Å². The lowest BCUT2D eigenvalue weighted by atomic mass is 10.3. The largest absolute Gasteiger partial charge is 1.00 e. The van der Waals surface area contributed by atoms with Crippen molar-refractivity contribution in [3.63, 3.8) is 0 Å². The number of hydrogen-bond donors (Lipinski definition) is 1. The number of hydrogen-bond acceptors (Lipinski definition) is 3. The summed E-state index contributed by atoms with van der Waals surface area (Å²) in [5.74, 6) is 0.690. The summed E-state index contributed by atoms with van der Waals surface area (Å²) >= 11 is 18.0. The first-order chi connectivity index (χ1) is 12.9. The zero-order chi connectivity index (χ0) is 19.8. The molecule has 28 heavy (non-hydrogen) atoms. The van der Waals surface area contributed by atoms with Gasteiger partial charge in [-0.3, -0.25) is 9.69 Å². The minimum atomic E-state index is -0.220. The molecule has 2 aromatic rings. The van der Waals surface area contributed by atoms with Gasteiger partial charge in [-0.25, -0.2) is 4.98 Å². The first-order valence-electron chi connectivity index (χ1n) is 8.79. The van der Waals surface area contributed by atoms with Crippen molar-refractivity contribution < 1.29 is 26.8 Å². The summed E-state index contributed by atoms with van der Waals surface area (Å²) in [6.45, 7) is 7.36. The van der Waals surface area contributed by atoms with Crippen LogP contribution in [0.25, 0.3) is 0 Å². The van der Waals surface area contributed by atoms with E-state index in [4.69, 9.17) is 39.5 Å². The number of anilines is 1. The minimum Gasteiger partial charge on any atom is -1.00 e. The molecule has 0 unspecified atom stereocenters. The average molecular weight is 467 g/mol. The Balaban J connectivity index is 0.00000392. The zero-order valence-corrected chi connectivity index (χ0v) is 18.7. The van der Waals surface area contributed by atoms with Gasteiger partial charge in [0.15, 0.2) is 6.61 Å². The Morgan fingerprint density at radius 2 is 1.86 bits per heavy atom. The van der Waals surface area contributed by atoms with E-state index in [0.717, 1.165) is 19.6 Å². The first kappa shape index (κ1) is 24.8. The molecule has 0 radical (unpaired) electrons. The van der Waals surface area contributed by atoms with E-state index in [-0.39, 0.29) is 24.9 Å². The Labute approximate surface area is 186 Å². The minimum absolute atomic E-state index is 0. The van der Waals surface area contributed by atoms with Crippen LogP contribution < -0.4 is 26.9 Å². The number of ether oxygens (including phenoxy) is 1. The van der Waals surface area contributed by atoms with Crippen molar-refractivity contribution in [2.45, 2.75) is 13.8 Å². The van der Waals surface area contributed by atoms with Gasteiger partial charge in [0.05, 0.1) is 31.2 Å². The number of nitrogens with zero attached hydrogens (tertiary/aromatic N) is 2. The van der Waals surface area contributed by atoms with E-state index < -0.39 is 0 Å². The molecule has 2 rings (SSSR count). The van der Waals surface area contributed by atoms with Crippen molar-refractivity contribution in [3.05, 3.63) is 51.6 Å². The summed E-state index contributed by atoms with van der Waals surface area (Å²) < 4.78 is 5.60. The maximum atomic E-state index is 12.8. The molecule has 1 amide bonds. The predicted molar refractivity (Wildman–Crippen MR) is 110 cm³/mol. The fourth-order valence-electron chi connectivity index (χ4n) is 2.60. The van der Waals surface area contributed by atoms with E-state index in [2.05, 4.69) is 18.8 Å². The molecule has 9 heteroatoms. The van der Waals surface area contributed by atoms with Gasteiger partial charge in [0.1, 0.15) is 16.7 Å². The van der Waals surface area contributed by atoms with E-state index in [0.29, 0.717) is 33.3 Å². The van der Waals surface area contributed by atoms with E-state index in [1.807, 2.05) is 0 Å². The van der Waals surface area contributed by atoms with E-state index >= 15 is 0 Å². The second-order valence-electron chi connectivity index (χ2n) is 5.93. The smallest absolute Gasteiger partial charge is 0.266 e. The number of aromatic nitrogens is 1. The van der Waals surface area contributed by atoms with E-state index in [1.54, 1.807) is 41.3 Å². The summed E-state index contributed by atoms with van der Waals surface area (Å²) in [5, 5.41) is 1.20. The number of carbonyl (C=O) groups excluding carboxylic acids is 1. The highest BCUT2D eigenvalue weighted by Crippen LogP contribution is 2.27. The number of rotatable bonds is 9. The molecule has 0 atom stereocenters.